The highest BCUT2D eigenvalue weighted by Crippen LogP contribution is 2.34. The molecule has 1 atom stereocenters. The van der Waals surface area contributed by atoms with Crippen LogP contribution in [0.4, 0.5) is 0 Å². The number of nitrogens with zero attached hydrogens (tertiary/aromatic N) is 2. The first-order valence-electron chi connectivity index (χ1n) is 10.0. The van der Waals surface area contributed by atoms with E-state index in [0.717, 1.165) is 21.5 Å². The van der Waals surface area contributed by atoms with Crippen molar-refractivity contribution < 1.29 is 19.1 Å². The second-order valence-corrected chi connectivity index (χ2v) is 8.08. The van der Waals surface area contributed by atoms with Gasteiger partial charge in [0.2, 0.25) is 0 Å². The Balaban J connectivity index is 1.50. The lowest BCUT2D eigenvalue weighted by molar-refractivity contribution is 0.0525. The van der Waals surface area contributed by atoms with Gasteiger partial charge in [-0.3, -0.25) is 4.79 Å². The summed E-state index contributed by atoms with van der Waals surface area (Å²) in [5.41, 5.74) is 3.37. The zero-order valence-corrected chi connectivity index (χ0v) is 18.8. The summed E-state index contributed by atoms with van der Waals surface area (Å²) in [5.74, 6) is 0.237. The van der Waals surface area contributed by atoms with Crippen LogP contribution in [-0.2, 0) is 4.74 Å². The van der Waals surface area contributed by atoms with Gasteiger partial charge in [0.1, 0.15) is 11.3 Å². The number of nitrogens with one attached hydrogen (secondary N) is 1. The van der Waals surface area contributed by atoms with Crippen molar-refractivity contribution in [3.05, 3.63) is 75.5 Å². The minimum Gasteiger partial charge on any atom is -0.493 e. The van der Waals surface area contributed by atoms with Crippen LogP contribution in [-0.4, -0.2) is 34.9 Å². The van der Waals surface area contributed by atoms with E-state index in [0.29, 0.717) is 36.5 Å². The molecule has 1 N–H and O–H groups in total. The maximum Gasteiger partial charge on any atom is 0.341 e. The number of hydrogen-bond acceptors (Lipinski definition) is 5. The van der Waals surface area contributed by atoms with E-state index in [1.807, 2.05) is 18.2 Å². The summed E-state index contributed by atoms with van der Waals surface area (Å²) in [5, 5.41) is 7.39. The number of hydrogen-bond donors (Lipinski definition) is 1. The summed E-state index contributed by atoms with van der Waals surface area (Å²) in [7, 11) is 0. The zero-order valence-electron chi connectivity index (χ0n) is 17.2. The van der Waals surface area contributed by atoms with Crippen LogP contribution in [0.5, 0.6) is 5.75 Å². The van der Waals surface area contributed by atoms with E-state index in [-0.39, 0.29) is 11.9 Å². The molecule has 160 valence electrons. The van der Waals surface area contributed by atoms with Crippen LogP contribution in [0.15, 0.2) is 53.1 Å². The molecule has 31 heavy (non-hydrogen) atoms. The van der Waals surface area contributed by atoms with Gasteiger partial charge in [0, 0.05) is 22.0 Å². The van der Waals surface area contributed by atoms with E-state index in [1.165, 1.54) is 6.20 Å². The Morgan fingerprint density at radius 1 is 1.26 bits per heavy atom. The third-order valence-electron chi connectivity index (χ3n) is 5.20. The Hall–Kier alpha value is -3.13. The Morgan fingerprint density at radius 3 is 2.77 bits per heavy atom. The average molecular weight is 484 g/mol. The molecule has 1 aliphatic rings. The molecule has 1 aliphatic heterocycles. The van der Waals surface area contributed by atoms with Crippen molar-refractivity contribution in [3.63, 3.8) is 0 Å². The maximum atomic E-state index is 12.8. The van der Waals surface area contributed by atoms with Crippen LogP contribution < -0.4 is 10.1 Å². The first-order valence-corrected chi connectivity index (χ1v) is 10.8. The standard InChI is InChI=1S/C23H22BrN3O4/c1-3-30-23(29)19-13-25-27(14(19)2)17-7-4-15(5-8-17)22(28)26-20-10-11-31-21-9-6-16(24)12-18(20)21/h4-9,12-13,20H,3,10-11H2,1-2H3,(H,26,28). The first kappa shape index (κ1) is 21.1. The number of carbonyl (C=O) groups is 2. The van der Waals surface area contributed by atoms with Crippen molar-refractivity contribution in [1.82, 2.24) is 15.1 Å². The summed E-state index contributed by atoms with van der Waals surface area (Å²) < 4.78 is 13.3. The molecule has 3 aromatic rings. The van der Waals surface area contributed by atoms with Gasteiger partial charge < -0.3 is 14.8 Å². The molecule has 0 saturated carbocycles. The molecule has 7 nitrogen and oxygen atoms in total. The molecular formula is C23H22BrN3O4. The number of esters is 1. The third kappa shape index (κ3) is 4.34. The summed E-state index contributed by atoms with van der Waals surface area (Å²) in [6.45, 7) is 4.43. The topological polar surface area (TPSA) is 82.5 Å². The predicted molar refractivity (Wildman–Crippen MR) is 119 cm³/mol. The number of ether oxygens (including phenoxy) is 2. The van der Waals surface area contributed by atoms with Crippen LogP contribution in [0.2, 0.25) is 0 Å². The second kappa shape index (κ2) is 8.93. The lowest BCUT2D eigenvalue weighted by atomic mass is 10.00. The minimum absolute atomic E-state index is 0.117. The molecule has 0 saturated heterocycles. The monoisotopic (exact) mass is 483 g/mol. The Labute approximate surface area is 188 Å². The second-order valence-electron chi connectivity index (χ2n) is 7.17. The van der Waals surface area contributed by atoms with Crippen LogP contribution in [0, 0.1) is 6.92 Å². The highest BCUT2D eigenvalue weighted by molar-refractivity contribution is 9.10. The van der Waals surface area contributed by atoms with Crippen molar-refractivity contribution in [2.45, 2.75) is 26.3 Å². The zero-order chi connectivity index (χ0) is 22.0. The van der Waals surface area contributed by atoms with Gasteiger partial charge >= 0.3 is 5.97 Å². The van der Waals surface area contributed by atoms with Gasteiger partial charge in [0.15, 0.2) is 0 Å². The molecule has 0 radical (unpaired) electrons. The highest BCUT2D eigenvalue weighted by Gasteiger charge is 2.24. The van der Waals surface area contributed by atoms with Crippen molar-refractivity contribution in [2.75, 3.05) is 13.2 Å². The molecule has 2 heterocycles. The van der Waals surface area contributed by atoms with Crippen molar-refractivity contribution in [3.8, 4) is 11.4 Å². The fraction of sp³-hybridized carbons (Fsp3) is 0.261. The molecular weight excluding hydrogens is 462 g/mol. The van der Waals surface area contributed by atoms with E-state index in [2.05, 4.69) is 26.3 Å². The lowest BCUT2D eigenvalue weighted by Crippen LogP contribution is -2.32. The summed E-state index contributed by atoms with van der Waals surface area (Å²) >= 11 is 3.48. The molecule has 0 spiro atoms. The molecule has 1 aromatic heterocycles. The maximum absolute atomic E-state index is 12.8. The average Bonchev–Trinajstić information content (AvgIpc) is 3.16. The number of rotatable bonds is 5. The van der Waals surface area contributed by atoms with Crippen LogP contribution in [0.25, 0.3) is 5.69 Å². The van der Waals surface area contributed by atoms with Crippen LogP contribution in [0.1, 0.15) is 51.4 Å². The van der Waals surface area contributed by atoms with Gasteiger partial charge in [-0.25, -0.2) is 9.48 Å². The van der Waals surface area contributed by atoms with Gasteiger partial charge in [-0.15, -0.1) is 0 Å². The summed E-state index contributed by atoms with van der Waals surface area (Å²) in [4.78, 5) is 24.9. The van der Waals surface area contributed by atoms with E-state index in [1.54, 1.807) is 42.8 Å². The number of aromatic nitrogens is 2. The van der Waals surface area contributed by atoms with Gasteiger partial charge in [-0.1, -0.05) is 15.9 Å². The third-order valence-corrected chi connectivity index (χ3v) is 5.69. The number of fused-ring (bicyclic) bond motifs is 1. The van der Waals surface area contributed by atoms with Gasteiger partial charge in [0.05, 0.1) is 36.8 Å². The van der Waals surface area contributed by atoms with E-state index < -0.39 is 5.97 Å². The van der Waals surface area contributed by atoms with Crippen LogP contribution >= 0.6 is 15.9 Å². The molecule has 4 rings (SSSR count). The fourth-order valence-electron chi connectivity index (χ4n) is 3.59. The number of halogens is 1. The molecule has 1 amide bonds. The molecule has 2 aromatic carbocycles. The van der Waals surface area contributed by atoms with Crippen LogP contribution in [0.3, 0.4) is 0 Å². The molecule has 0 fully saturated rings. The molecule has 0 bridgehead atoms. The molecule has 0 aliphatic carbocycles. The van der Waals surface area contributed by atoms with E-state index >= 15 is 0 Å². The number of amides is 1. The Kier molecular flexibility index (Phi) is 6.08. The van der Waals surface area contributed by atoms with Gasteiger partial charge in [-0.05, 0) is 56.3 Å². The normalized spacial score (nSPS) is 15.0. The first-order chi connectivity index (χ1) is 15.0. The largest absolute Gasteiger partial charge is 0.493 e. The van der Waals surface area contributed by atoms with Gasteiger partial charge in [-0.2, -0.15) is 5.10 Å². The van der Waals surface area contributed by atoms with E-state index in [4.69, 9.17) is 9.47 Å². The van der Waals surface area contributed by atoms with Crippen molar-refractivity contribution in [1.29, 1.82) is 0 Å². The molecule has 8 heteroatoms. The Morgan fingerprint density at radius 2 is 2.03 bits per heavy atom. The number of carbonyl (C=O) groups excluding carboxylic acids is 2. The van der Waals surface area contributed by atoms with Gasteiger partial charge in [0.25, 0.3) is 5.91 Å². The van der Waals surface area contributed by atoms with E-state index in [9.17, 15) is 9.59 Å². The summed E-state index contributed by atoms with van der Waals surface area (Å²) in [6, 6.07) is 12.8. The minimum atomic E-state index is -0.398. The molecule has 1 unspecified atom stereocenters. The number of benzene rings is 2. The van der Waals surface area contributed by atoms with Crippen molar-refractivity contribution in [2.24, 2.45) is 0 Å². The predicted octanol–water partition coefficient (Wildman–Crippen LogP) is 4.37. The Bertz CT molecular complexity index is 1120. The SMILES string of the molecule is CCOC(=O)c1cnn(-c2ccc(C(=O)NC3CCOc4ccc(Br)cc43)cc2)c1C. The highest BCUT2D eigenvalue weighted by atomic mass is 79.9. The smallest absolute Gasteiger partial charge is 0.341 e. The quantitative estimate of drug-likeness (QED) is 0.544. The summed E-state index contributed by atoms with van der Waals surface area (Å²) in [6.07, 6.45) is 2.20. The lowest BCUT2D eigenvalue weighted by Gasteiger charge is -2.27. The van der Waals surface area contributed by atoms with Crippen molar-refractivity contribution >= 4 is 27.8 Å². The fourth-order valence-corrected chi connectivity index (χ4v) is 3.97.